The van der Waals surface area contributed by atoms with Gasteiger partial charge in [0.1, 0.15) is 12.1 Å². The quantitative estimate of drug-likeness (QED) is 0.279. The van der Waals surface area contributed by atoms with Gasteiger partial charge in [0, 0.05) is 55.1 Å². The van der Waals surface area contributed by atoms with Crippen molar-refractivity contribution in [2.24, 2.45) is 0 Å². The number of piperazine rings is 1. The van der Waals surface area contributed by atoms with E-state index in [1.165, 1.54) is 0 Å². The molecular weight excluding hydrogens is 552 g/mol. The van der Waals surface area contributed by atoms with Gasteiger partial charge >= 0.3 is 6.03 Å². The van der Waals surface area contributed by atoms with Crippen molar-refractivity contribution in [1.29, 1.82) is 0 Å². The Bertz CT molecular complexity index is 1940. The molecule has 11 nitrogen and oxygen atoms in total. The number of fused-ring (bicyclic) bond motifs is 2. The molecule has 44 heavy (non-hydrogen) atoms. The Morgan fingerprint density at radius 1 is 0.955 bits per heavy atom. The highest BCUT2D eigenvalue weighted by Gasteiger charge is 2.31. The van der Waals surface area contributed by atoms with Crippen molar-refractivity contribution in [3.63, 3.8) is 0 Å². The lowest BCUT2D eigenvalue weighted by atomic mass is 10.1. The number of imidazole rings is 1. The van der Waals surface area contributed by atoms with Crippen molar-refractivity contribution in [2.75, 3.05) is 37.3 Å². The van der Waals surface area contributed by atoms with Gasteiger partial charge in [-0.15, -0.1) is 0 Å². The number of hydrogen-bond acceptors (Lipinski definition) is 8. The van der Waals surface area contributed by atoms with Gasteiger partial charge in [-0.2, -0.15) is 15.2 Å². The Morgan fingerprint density at radius 2 is 1.84 bits per heavy atom. The van der Waals surface area contributed by atoms with E-state index < -0.39 is 0 Å². The number of nitrogens with zero attached hydrogens (tertiary/aromatic N) is 8. The molecule has 7 rings (SSSR count). The SMILES string of the molecule is CC(Nc1nccc(-n2cnc3cc(-c4cccnn4)ccc32)n1)C1CN(C(=O)Nc2cccc3ccccc23)CCN1C. The van der Waals surface area contributed by atoms with Crippen LogP contribution in [0.3, 0.4) is 0 Å². The lowest BCUT2D eigenvalue weighted by Crippen LogP contribution is -2.59. The highest BCUT2D eigenvalue weighted by Crippen LogP contribution is 2.25. The largest absolute Gasteiger partial charge is 0.350 e. The fraction of sp³-hybridized carbons (Fsp3) is 0.212. The van der Waals surface area contributed by atoms with Crippen molar-refractivity contribution in [1.82, 2.24) is 39.5 Å². The van der Waals surface area contributed by atoms with Gasteiger partial charge in [0.05, 0.1) is 22.4 Å². The third-order valence-electron chi connectivity index (χ3n) is 8.25. The summed E-state index contributed by atoms with van der Waals surface area (Å²) in [5.74, 6) is 1.22. The number of rotatable bonds is 6. The minimum absolute atomic E-state index is 0.0301. The summed E-state index contributed by atoms with van der Waals surface area (Å²) in [6.45, 7) is 4.08. The van der Waals surface area contributed by atoms with Crippen molar-refractivity contribution in [3.8, 4) is 17.1 Å². The number of nitrogens with one attached hydrogen (secondary N) is 2. The van der Waals surface area contributed by atoms with E-state index in [1.807, 2.05) is 88.3 Å². The van der Waals surface area contributed by atoms with Crippen molar-refractivity contribution in [2.45, 2.75) is 19.0 Å². The van der Waals surface area contributed by atoms with E-state index in [9.17, 15) is 4.79 Å². The first kappa shape index (κ1) is 27.4. The third-order valence-corrected chi connectivity index (χ3v) is 8.25. The van der Waals surface area contributed by atoms with Crippen LogP contribution in [0.25, 0.3) is 38.9 Å². The maximum atomic E-state index is 13.4. The van der Waals surface area contributed by atoms with Crippen LogP contribution < -0.4 is 10.6 Å². The molecule has 2 N–H and O–H groups in total. The molecule has 2 amide bonds. The van der Waals surface area contributed by atoms with Gasteiger partial charge < -0.3 is 15.5 Å². The van der Waals surface area contributed by atoms with Gasteiger partial charge in [-0.1, -0.05) is 42.5 Å². The van der Waals surface area contributed by atoms with E-state index in [0.717, 1.165) is 45.3 Å². The molecule has 1 fully saturated rings. The van der Waals surface area contributed by atoms with Crippen LogP contribution in [-0.4, -0.2) is 84.3 Å². The first-order valence-electron chi connectivity index (χ1n) is 14.6. The molecule has 2 atom stereocenters. The van der Waals surface area contributed by atoms with Gasteiger partial charge in [0.25, 0.3) is 0 Å². The number of hydrogen-bond donors (Lipinski definition) is 2. The molecule has 3 aromatic heterocycles. The Balaban J connectivity index is 1.05. The maximum absolute atomic E-state index is 13.4. The van der Waals surface area contributed by atoms with Crippen LogP contribution in [0.15, 0.2) is 97.6 Å². The summed E-state index contributed by atoms with van der Waals surface area (Å²) in [5, 5.41) is 16.9. The normalized spacial score (nSPS) is 16.2. The fourth-order valence-corrected chi connectivity index (χ4v) is 5.82. The highest BCUT2D eigenvalue weighted by molar-refractivity contribution is 6.01. The Morgan fingerprint density at radius 3 is 2.73 bits per heavy atom. The Hall–Kier alpha value is -5.42. The smallest absolute Gasteiger partial charge is 0.321 e. The van der Waals surface area contributed by atoms with Gasteiger partial charge in [-0.3, -0.25) is 9.47 Å². The first-order valence-corrected chi connectivity index (χ1v) is 14.6. The molecule has 1 saturated heterocycles. The summed E-state index contributed by atoms with van der Waals surface area (Å²) in [4.78, 5) is 31.4. The summed E-state index contributed by atoms with van der Waals surface area (Å²) >= 11 is 0. The molecule has 220 valence electrons. The van der Waals surface area contributed by atoms with E-state index in [-0.39, 0.29) is 18.1 Å². The van der Waals surface area contributed by atoms with Gasteiger partial charge in [0.15, 0.2) is 0 Å². The van der Waals surface area contributed by atoms with Crippen LogP contribution >= 0.6 is 0 Å². The van der Waals surface area contributed by atoms with Gasteiger partial charge in [-0.05, 0) is 55.8 Å². The average Bonchev–Trinajstić information content (AvgIpc) is 3.49. The average molecular weight is 585 g/mol. The van der Waals surface area contributed by atoms with Gasteiger partial charge in [0.2, 0.25) is 5.95 Å². The minimum Gasteiger partial charge on any atom is -0.350 e. The molecule has 0 saturated carbocycles. The summed E-state index contributed by atoms with van der Waals surface area (Å²) in [5.41, 5.74) is 4.32. The van der Waals surface area contributed by atoms with E-state index in [1.54, 1.807) is 18.7 Å². The predicted octanol–water partition coefficient (Wildman–Crippen LogP) is 5.07. The van der Waals surface area contributed by atoms with Crippen LogP contribution in [0.1, 0.15) is 6.92 Å². The molecule has 6 aromatic rings. The summed E-state index contributed by atoms with van der Waals surface area (Å²) in [6.07, 6.45) is 5.17. The minimum atomic E-state index is -0.0978. The lowest BCUT2D eigenvalue weighted by molar-refractivity contribution is 0.108. The van der Waals surface area contributed by atoms with Gasteiger partial charge in [-0.25, -0.2) is 14.8 Å². The monoisotopic (exact) mass is 584 g/mol. The molecule has 0 bridgehead atoms. The molecule has 1 aliphatic rings. The Kier molecular flexibility index (Phi) is 7.29. The molecule has 3 aromatic carbocycles. The summed E-state index contributed by atoms with van der Waals surface area (Å²) in [7, 11) is 2.09. The second kappa shape index (κ2) is 11.7. The molecule has 0 aliphatic carbocycles. The highest BCUT2D eigenvalue weighted by atomic mass is 16.2. The zero-order chi connectivity index (χ0) is 30.0. The standard InChI is InChI=1S/C33H32N10O/c1-22(30-20-42(18-17-41(30)2)33(44)38-27-10-5-8-23-7-3-4-9-25(23)27)37-32-34-16-14-31(39-32)43-21-35-28-19-24(12-13-29(28)43)26-11-6-15-36-40-26/h3-16,19,21-22,30H,17-18,20H2,1-2H3,(H,38,44)(H,34,37,39). The molecular formula is C33H32N10O. The number of benzene rings is 3. The zero-order valence-electron chi connectivity index (χ0n) is 24.5. The number of anilines is 2. The molecule has 0 radical (unpaired) electrons. The maximum Gasteiger partial charge on any atom is 0.321 e. The van der Waals surface area contributed by atoms with E-state index >= 15 is 0 Å². The van der Waals surface area contributed by atoms with Crippen LogP contribution in [-0.2, 0) is 0 Å². The second-order valence-corrected chi connectivity index (χ2v) is 11.0. The number of amides is 2. The van der Waals surface area contributed by atoms with Crippen molar-refractivity contribution in [3.05, 3.63) is 97.6 Å². The number of carbonyl (C=O) groups is 1. The molecule has 0 spiro atoms. The lowest BCUT2D eigenvalue weighted by Gasteiger charge is -2.42. The number of likely N-dealkylation sites (N-methyl/N-ethyl adjacent to an activating group) is 1. The number of urea groups is 1. The van der Waals surface area contributed by atoms with Crippen LogP contribution in [0, 0.1) is 0 Å². The van der Waals surface area contributed by atoms with E-state index in [0.29, 0.717) is 24.9 Å². The topological polar surface area (TPSA) is 117 Å². The summed E-state index contributed by atoms with van der Waals surface area (Å²) in [6, 6.07) is 25.6. The van der Waals surface area contributed by atoms with Crippen LogP contribution in [0.5, 0.6) is 0 Å². The fourth-order valence-electron chi connectivity index (χ4n) is 5.82. The number of carbonyl (C=O) groups excluding carboxylic acids is 1. The second-order valence-electron chi connectivity index (χ2n) is 11.0. The summed E-state index contributed by atoms with van der Waals surface area (Å²) < 4.78 is 1.94. The Labute approximate surface area is 254 Å². The first-order chi connectivity index (χ1) is 21.5. The molecule has 1 aliphatic heterocycles. The molecule has 4 heterocycles. The van der Waals surface area contributed by atoms with Crippen LogP contribution in [0.4, 0.5) is 16.4 Å². The van der Waals surface area contributed by atoms with E-state index in [2.05, 4.69) is 49.7 Å². The van der Waals surface area contributed by atoms with E-state index in [4.69, 9.17) is 4.98 Å². The number of aromatic nitrogens is 6. The third kappa shape index (κ3) is 5.40. The van der Waals surface area contributed by atoms with Crippen LogP contribution in [0.2, 0.25) is 0 Å². The van der Waals surface area contributed by atoms with Crippen molar-refractivity contribution < 1.29 is 4.79 Å². The molecule has 11 heteroatoms. The molecule has 2 unspecified atom stereocenters. The van der Waals surface area contributed by atoms with Crippen molar-refractivity contribution >= 4 is 39.5 Å². The zero-order valence-corrected chi connectivity index (χ0v) is 24.5. The predicted molar refractivity (Wildman–Crippen MR) is 172 cm³/mol.